The first-order valence-electron chi connectivity index (χ1n) is 10.3. The largest absolute Gasteiger partial charge is 0.492 e. The standard InChI is InChI=1S/C21H29N2O5P3S/c1-2-27-18-13-15(22-20(24)14-6-3-4-7-14)10-11-19(18)32(25,26)23-16-8-5-9-17(12-16)28-21(29,30)31/h5,8-14,23H,2-4,6-7,29-31H2,1H3,(H,22,24). The number of amides is 1. The molecule has 0 spiro atoms. The van der Waals surface area contributed by atoms with Crippen LogP contribution in [-0.4, -0.2) is 25.8 Å². The molecule has 174 valence electrons. The van der Waals surface area contributed by atoms with E-state index in [9.17, 15) is 13.2 Å². The molecule has 2 N–H and O–H groups in total. The molecule has 2 aromatic carbocycles. The lowest BCUT2D eigenvalue weighted by atomic mass is 10.1. The molecule has 0 heterocycles. The van der Waals surface area contributed by atoms with Gasteiger partial charge in [0.1, 0.15) is 21.2 Å². The number of benzene rings is 2. The van der Waals surface area contributed by atoms with Crippen LogP contribution in [0.4, 0.5) is 11.4 Å². The summed E-state index contributed by atoms with van der Waals surface area (Å²) >= 11 is 0. The molecule has 0 aliphatic heterocycles. The molecule has 0 bridgehead atoms. The molecule has 3 rings (SSSR count). The number of anilines is 2. The fourth-order valence-corrected chi connectivity index (χ4v) is 5.13. The molecule has 3 atom stereocenters. The van der Waals surface area contributed by atoms with Crippen molar-refractivity contribution >= 4 is 55.0 Å². The third-order valence-electron chi connectivity index (χ3n) is 4.91. The van der Waals surface area contributed by atoms with Crippen LogP contribution in [0, 0.1) is 5.92 Å². The minimum absolute atomic E-state index is 0.00779. The van der Waals surface area contributed by atoms with Gasteiger partial charge >= 0.3 is 0 Å². The van der Waals surface area contributed by atoms with Gasteiger partial charge in [0.2, 0.25) is 5.91 Å². The zero-order chi connectivity index (χ0) is 23.4. The first-order valence-corrected chi connectivity index (χ1v) is 13.5. The number of carbonyl (C=O) groups excluding carboxylic acids is 1. The average Bonchev–Trinajstić information content (AvgIpc) is 3.22. The highest BCUT2D eigenvalue weighted by molar-refractivity contribution is 7.92. The molecular formula is C21H29N2O5P3S. The molecule has 1 fully saturated rings. The van der Waals surface area contributed by atoms with Crippen molar-refractivity contribution < 1.29 is 22.7 Å². The molecule has 1 aliphatic rings. The highest BCUT2D eigenvalue weighted by Crippen LogP contribution is 2.37. The Kier molecular flexibility index (Phi) is 8.38. The Morgan fingerprint density at radius 2 is 1.81 bits per heavy atom. The van der Waals surface area contributed by atoms with E-state index in [1.807, 2.05) is 0 Å². The predicted octanol–water partition coefficient (Wildman–Crippen LogP) is 4.63. The fourth-order valence-electron chi connectivity index (χ4n) is 3.55. The summed E-state index contributed by atoms with van der Waals surface area (Å²) in [6, 6.07) is 11.2. The Balaban J connectivity index is 1.82. The van der Waals surface area contributed by atoms with E-state index in [-0.39, 0.29) is 29.1 Å². The van der Waals surface area contributed by atoms with Gasteiger partial charge in [-0.2, -0.15) is 0 Å². The summed E-state index contributed by atoms with van der Waals surface area (Å²) in [5.74, 6) is 0.646. The molecule has 32 heavy (non-hydrogen) atoms. The molecule has 7 nitrogen and oxygen atoms in total. The van der Waals surface area contributed by atoms with Crippen molar-refractivity contribution in [3.05, 3.63) is 42.5 Å². The summed E-state index contributed by atoms with van der Waals surface area (Å²) in [4.78, 5) is 11.8. The van der Waals surface area contributed by atoms with Crippen molar-refractivity contribution in [3.63, 3.8) is 0 Å². The third kappa shape index (κ3) is 7.02. The molecule has 1 saturated carbocycles. The van der Waals surface area contributed by atoms with Gasteiger partial charge in [0.25, 0.3) is 10.0 Å². The van der Waals surface area contributed by atoms with Gasteiger partial charge in [-0.25, -0.2) is 8.42 Å². The quantitative estimate of drug-likeness (QED) is 0.476. The van der Waals surface area contributed by atoms with E-state index in [4.69, 9.17) is 9.47 Å². The van der Waals surface area contributed by atoms with Crippen molar-refractivity contribution in [1.29, 1.82) is 0 Å². The number of hydrogen-bond donors (Lipinski definition) is 2. The average molecular weight is 514 g/mol. The zero-order valence-electron chi connectivity index (χ0n) is 17.8. The third-order valence-corrected chi connectivity index (χ3v) is 6.68. The Bertz CT molecular complexity index is 1070. The van der Waals surface area contributed by atoms with Crippen LogP contribution in [0.2, 0.25) is 0 Å². The second kappa shape index (κ2) is 10.7. The van der Waals surface area contributed by atoms with Gasteiger partial charge in [-0.05, 0) is 44.0 Å². The van der Waals surface area contributed by atoms with Gasteiger partial charge in [-0.1, -0.05) is 46.6 Å². The van der Waals surface area contributed by atoms with Gasteiger partial charge in [-0.3, -0.25) is 9.52 Å². The molecule has 1 amide bonds. The van der Waals surface area contributed by atoms with Crippen molar-refractivity contribution in [3.8, 4) is 11.5 Å². The maximum atomic E-state index is 13.1. The van der Waals surface area contributed by atoms with Crippen molar-refractivity contribution in [2.45, 2.75) is 42.3 Å². The fraction of sp³-hybridized carbons (Fsp3) is 0.381. The summed E-state index contributed by atoms with van der Waals surface area (Å²) in [5, 5.41) is 2.88. The van der Waals surface area contributed by atoms with E-state index in [1.165, 1.54) is 6.07 Å². The van der Waals surface area contributed by atoms with Crippen LogP contribution >= 0.6 is 27.7 Å². The second-order valence-corrected chi connectivity index (χ2v) is 14.0. The molecule has 3 unspecified atom stereocenters. The van der Waals surface area contributed by atoms with Crippen molar-refractivity contribution in [2.24, 2.45) is 5.92 Å². The first kappa shape index (κ1) is 25.2. The number of nitrogens with one attached hydrogen (secondary N) is 2. The monoisotopic (exact) mass is 514 g/mol. The lowest BCUT2D eigenvalue weighted by Gasteiger charge is -2.21. The van der Waals surface area contributed by atoms with Crippen LogP contribution in [0.3, 0.4) is 0 Å². The van der Waals surface area contributed by atoms with Crippen LogP contribution in [0.25, 0.3) is 0 Å². The van der Waals surface area contributed by atoms with Crippen LogP contribution < -0.4 is 19.5 Å². The Labute approximate surface area is 196 Å². The van der Waals surface area contributed by atoms with E-state index >= 15 is 0 Å². The van der Waals surface area contributed by atoms with Gasteiger partial charge < -0.3 is 14.8 Å². The first-order chi connectivity index (χ1) is 15.1. The van der Waals surface area contributed by atoms with E-state index in [0.29, 0.717) is 17.1 Å². The molecule has 2 aromatic rings. The molecule has 11 heteroatoms. The minimum Gasteiger partial charge on any atom is -0.492 e. The van der Waals surface area contributed by atoms with E-state index in [0.717, 1.165) is 25.7 Å². The maximum Gasteiger partial charge on any atom is 0.265 e. The van der Waals surface area contributed by atoms with E-state index < -0.39 is 14.8 Å². The summed E-state index contributed by atoms with van der Waals surface area (Å²) in [6.07, 6.45) is 3.89. The highest BCUT2D eigenvalue weighted by atomic mass is 32.2. The summed E-state index contributed by atoms with van der Waals surface area (Å²) in [6.45, 7) is 2.05. The number of hydrogen-bond acceptors (Lipinski definition) is 5. The zero-order valence-corrected chi connectivity index (χ0v) is 22.1. The Hall–Kier alpha value is -1.45. The number of sulfonamides is 1. The number of rotatable bonds is 9. The van der Waals surface area contributed by atoms with Gasteiger partial charge in [0, 0.05) is 23.7 Å². The second-order valence-electron chi connectivity index (χ2n) is 7.65. The highest BCUT2D eigenvalue weighted by Gasteiger charge is 2.25. The summed E-state index contributed by atoms with van der Waals surface area (Å²) in [5.41, 5.74) is 0.866. The summed E-state index contributed by atoms with van der Waals surface area (Å²) in [7, 11) is 3.57. The molecule has 0 saturated heterocycles. The van der Waals surface area contributed by atoms with Crippen LogP contribution in [0.1, 0.15) is 32.6 Å². The Morgan fingerprint density at radius 1 is 1.09 bits per heavy atom. The lowest BCUT2D eigenvalue weighted by Crippen LogP contribution is -2.20. The Morgan fingerprint density at radius 3 is 2.47 bits per heavy atom. The summed E-state index contributed by atoms with van der Waals surface area (Å²) < 4.78 is 40.1. The van der Waals surface area contributed by atoms with E-state index in [2.05, 4.69) is 37.8 Å². The van der Waals surface area contributed by atoms with Crippen LogP contribution in [0.15, 0.2) is 47.4 Å². The van der Waals surface area contributed by atoms with Gasteiger partial charge in [0.05, 0.1) is 12.3 Å². The number of carbonyl (C=O) groups is 1. The van der Waals surface area contributed by atoms with Gasteiger partial charge in [0.15, 0.2) is 0 Å². The van der Waals surface area contributed by atoms with Gasteiger partial charge in [-0.15, -0.1) is 0 Å². The maximum absolute atomic E-state index is 13.1. The molecular weight excluding hydrogens is 485 g/mol. The topological polar surface area (TPSA) is 93.7 Å². The molecule has 0 radical (unpaired) electrons. The van der Waals surface area contributed by atoms with Crippen LogP contribution in [-0.2, 0) is 14.8 Å². The number of ether oxygens (including phenoxy) is 2. The van der Waals surface area contributed by atoms with Crippen molar-refractivity contribution in [1.82, 2.24) is 0 Å². The van der Waals surface area contributed by atoms with Crippen LogP contribution in [0.5, 0.6) is 11.5 Å². The minimum atomic E-state index is -3.95. The molecule has 0 aromatic heterocycles. The SMILES string of the molecule is CCOc1cc(NC(=O)C2CCCC2)ccc1S(=O)(=O)Nc1cccc(OC(P)(P)P)c1. The lowest BCUT2D eigenvalue weighted by molar-refractivity contribution is -0.119. The van der Waals surface area contributed by atoms with Crippen molar-refractivity contribution in [2.75, 3.05) is 16.6 Å². The molecule has 1 aliphatic carbocycles. The predicted molar refractivity (Wildman–Crippen MR) is 138 cm³/mol. The normalized spacial score (nSPS) is 14.8. The van der Waals surface area contributed by atoms with E-state index in [1.54, 1.807) is 43.3 Å². The smallest absolute Gasteiger partial charge is 0.265 e.